The van der Waals surface area contributed by atoms with Crippen LogP contribution in [0.5, 0.6) is 0 Å². The smallest absolute Gasteiger partial charge is 0.462 e. The molecule has 0 aliphatic carbocycles. The second-order valence-corrected chi connectivity index (χ2v) is 14.9. The van der Waals surface area contributed by atoms with Gasteiger partial charge in [0, 0.05) is 12.8 Å². The van der Waals surface area contributed by atoms with Crippen molar-refractivity contribution in [3.63, 3.8) is 0 Å². The summed E-state index contributed by atoms with van der Waals surface area (Å²) in [6.45, 7) is 3.58. The molecule has 0 spiro atoms. The largest absolute Gasteiger partial charge is 0.469 e. The van der Waals surface area contributed by atoms with Crippen molar-refractivity contribution in [2.75, 3.05) is 13.2 Å². The molecule has 0 aromatic carbocycles. The van der Waals surface area contributed by atoms with E-state index in [-0.39, 0.29) is 19.4 Å². The summed E-state index contributed by atoms with van der Waals surface area (Å²) in [6, 6.07) is 0. The number of hydrogen-bond donors (Lipinski definition) is 2. The Hall–Kier alpha value is -2.03. The lowest BCUT2D eigenvalue weighted by Gasteiger charge is -2.18. The van der Waals surface area contributed by atoms with Gasteiger partial charge in [0.25, 0.3) is 0 Å². The first-order chi connectivity index (χ1) is 24.7. The van der Waals surface area contributed by atoms with Crippen LogP contribution in [0.4, 0.5) is 0 Å². The van der Waals surface area contributed by atoms with Crippen LogP contribution >= 0.6 is 7.82 Å². The number of allylic oxidation sites excluding steroid dienone is 6. The van der Waals surface area contributed by atoms with Crippen LogP contribution in [-0.2, 0) is 32.9 Å². The molecule has 2 unspecified atom stereocenters. The maximum absolute atomic E-state index is 12.4. The van der Waals surface area contributed by atoms with Crippen LogP contribution in [0.25, 0.3) is 0 Å². The topological polar surface area (TPSA) is 132 Å². The molecule has 0 aromatic heterocycles. The molecule has 0 aromatic rings. The molecule has 1 fully saturated rings. The summed E-state index contributed by atoms with van der Waals surface area (Å²) >= 11 is 0. The van der Waals surface area contributed by atoms with E-state index in [4.69, 9.17) is 24.0 Å². The van der Waals surface area contributed by atoms with Crippen LogP contribution in [0.1, 0.15) is 168 Å². The molecule has 9 nitrogen and oxygen atoms in total. The van der Waals surface area contributed by atoms with E-state index in [1.807, 2.05) is 6.08 Å². The monoisotopic (exact) mass is 738 g/mol. The van der Waals surface area contributed by atoms with Crippen LogP contribution < -0.4 is 0 Å². The fourth-order valence-corrected chi connectivity index (χ4v) is 5.94. The maximum Gasteiger partial charge on any atom is 0.469 e. The number of phosphoric acid groups is 1. The lowest BCUT2D eigenvalue weighted by molar-refractivity contribution is -0.161. The average molecular weight is 739 g/mol. The number of hydrogen-bond acceptors (Lipinski definition) is 7. The van der Waals surface area contributed by atoms with Gasteiger partial charge in [-0.25, -0.2) is 4.57 Å². The summed E-state index contributed by atoms with van der Waals surface area (Å²) < 4.78 is 32.0. The highest BCUT2D eigenvalue weighted by Crippen LogP contribution is 2.36. The van der Waals surface area contributed by atoms with Gasteiger partial charge >= 0.3 is 19.8 Å². The standard InChI is InChI=1S/C41H71O9P/c1-3-5-7-9-11-12-13-14-15-16-17-18-21-25-29-33-40(42)47-35-37(36-48-51(44,45)46)49-41(43)34-30-26-22-19-20-24-28-32-39-38(50-39)31-27-23-10-8-6-4-2/h12-13,19,22-24,27-28,37-39H,3-11,14-18,20-21,25-26,29-36H2,1-2H3,(H2,44,45,46)/b13-12-,22-19-,27-23-,28-24-/t37-,38?,39?/m1/s1. The quantitative estimate of drug-likeness (QED) is 0.0214. The predicted octanol–water partition coefficient (Wildman–Crippen LogP) is 10.9. The van der Waals surface area contributed by atoms with Crippen molar-refractivity contribution in [1.82, 2.24) is 0 Å². The summed E-state index contributed by atoms with van der Waals surface area (Å²) in [5.74, 6) is -0.963. The van der Waals surface area contributed by atoms with Gasteiger partial charge in [0.2, 0.25) is 0 Å². The van der Waals surface area contributed by atoms with E-state index in [0.29, 0.717) is 31.5 Å². The minimum atomic E-state index is -4.77. The summed E-state index contributed by atoms with van der Waals surface area (Å²) in [5, 5.41) is 0. The first-order valence-electron chi connectivity index (χ1n) is 20.1. The Bertz CT molecular complexity index is 1030. The van der Waals surface area contributed by atoms with Gasteiger partial charge in [-0.3, -0.25) is 14.1 Å². The number of epoxide rings is 1. The van der Waals surface area contributed by atoms with Crippen LogP contribution in [0, 0.1) is 0 Å². The predicted molar refractivity (Wildman–Crippen MR) is 206 cm³/mol. The number of phosphoric ester groups is 1. The average Bonchev–Trinajstić information content (AvgIpc) is 3.85. The van der Waals surface area contributed by atoms with Crippen molar-refractivity contribution < 1.29 is 42.7 Å². The molecule has 51 heavy (non-hydrogen) atoms. The first kappa shape index (κ1) is 47.0. The third kappa shape index (κ3) is 32.4. The Kier molecular flexibility index (Phi) is 30.0. The fourth-order valence-electron chi connectivity index (χ4n) is 5.58. The third-order valence-electron chi connectivity index (χ3n) is 8.72. The lowest BCUT2D eigenvalue weighted by Crippen LogP contribution is -2.29. The first-order valence-corrected chi connectivity index (χ1v) is 21.6. The van der Waals surface area contributed by atoms with Gasteiger partial charge in [0.1, 0.15) is 6.61 Å². The number of rotatable bonds is 35. The summed E-state index contributed by atoms with van der Waals surface area (Å²) in [7, 11) is -4.77. The number of ether oxygens (including phenoxy) is 3. The Balaban J connectivity index is 2.13. The Labute approximate surface area is 309 Å². The molecule has 0 bridgehead atoms. The van der Waals surface area contributed by atoms with E-state index in [9.17, 15) is 14.2 Å². The van der Waals surface area contributed by atoms with Gasteiger partial charge in [0.15, 0.2) is 6.10 Å². The molecule has 0 saturated carbocycles. The van der Waals surface area contributed by atoms with E-state index in [1.165, 1.54) is 70.6 Å². The van der Waals surface area contributed by atoms with Gasteiger partial charge in [-0.05, 0) is 77.0 Å². The Morgan fingerprint density at radius 2 is 1.08 bits per heavy atom. The highest BCUT2D eigenvalue weighted by Gasteiger charge is 2.36. The van der Waals surface area contributed by atoms with Gasteiger partial charge in [-0.15, -0.1) is 0 Å². The molecule has 1 aliphatic heterocycles. The molecule has 294 valence electrons. The molecule has 10 heteroatoms. The number of esters is 2. The normalized spacial score (nSPS) is 16.9. The van der Waals surface area contributed by atoms with Crippen molar-refractivity contribution in [3.8, 4) is 0 Å². The van der Waals surface area contributed by atoms with Crippen LogP contribution in [-0.4, -0.2) is 53.3 Å². The summed E-state index contributed by atoms with van der Waals surface area (Å²) in [6.07, 6.45) is 41.5. The van der Waals surface area contributed by atoms with Crippen molar-refractivity contribution in [3.05, 3.63) is 48.6 Å². The molecular formula is C41H71O9P. The van der Waals surface area contributed by atoms with Crippen molar-refractivity contribution in [2.24, 2.45) is 0 Å². The van der Waals surface area contributed by atoms with Crippen LogP contribution in [0.3, 0.4) is 0 Å². The minimum absolute atomic E-state index is 0.129. The second-order valence-electron chi connectivity index (χ2n) is 13.6. The highest BCUT2D eigenvalue weighted by molar-refractivity contribution is 7.46. The SMILES string of the molecule is CCCCC/C=C\CC1OC1C/C=C\C/C=C\CCCC(=O)O[C@H](COC(=O)CCCCCCCCC/C=C\CCCCCC)COP(=O)(O)O. The van der Waals surface area contributed by atoms with Crippen molar-refractivity contribution >= 4 is 19.8 Å². The van der Waals surface area contributed by atoms with Crippen LogP contribution in [0.2, 0.25) is 0 Å². The van der Waals surface area contributed by atoms with E-state index >= 15 is 0 Å². The Morgan fingerprint density at radius 1 is 0.608 bits per heavy atom. The number of carbonyl (C=O) groups excluding carboxylic acids is 2. The molecule has 1 rings (SSSR count). The van der Waals surface area contributed by atoms with Crippen molar-refractivity contribution in [1.29, 1.82) is 0 Å². The maximum atomic E-state index is 12.4. The second kappa shape index (κ2) is 32.6. The molecule has 0 radical (unpaired) electrons. The lowest BCUT2D eigenvalue weighted by atomic mass is 10.1. The molecule has 1 saturated heterocycles. The van der Waals surface area contributed by atoms with Crippen molar-refractivity contribution in [2.45, 2.75) is 186 Å². The molecule has 1 heterocycles. The molecular weight excluding hydrogens is 667 g/mol. The summed E-state index contributed by atoms with van der Waals surface area (Å²) in [5.41, 5.74) is 0. The van der Waals surface area contributed by atoms with Gasteiger partial charge < -0.3 is 24.0 Å². The van der Waals surface area contributed by atoms with Gasteiger partial charge in [-0.2, -0.15) is 0 Å². The van der Waals surface area contributed by atoms with E-state index in [0.717, 1.165) is 51.4 Å². The fraction of sp³-hybridized carbons (Fsp3) is 0.756. The minimum Gasteiger partial charge on any atom is -0.462 e. The van der Waals surface area contributed by atoms with E-state index < -0.39 is 32.5 Å². The summed E-state index contributed by atoms with van der Waals surface area (Å²) in [4.78, 5) is 42.8. The Morgan fingerprint density at radius 3 is 1.73 bits per heavy atom. The van der Waals surface area contributed by atoms with Gasteiger partial charge in [0.05, 0.1) is 18.8 Å². The molecule has 3 atom stereocenters. The van der Waals surface area contributed by atoms with Crippen LogP contribution in [0.15, 0.2) is 48.6 Å². The molecule has 1 aliphatic rings. The zero-order chi connectivity index (χ0) is 37.3. The molecule has 0 amide bonds. The highest BCUT2D eigenvalue weighted by atomic mass is 31.2. The van der Waals surface area contributed by atoms with E-state index in [2.05, 4.69) is 60.9 Å². The van der Waals surface area contributed by atoms with Gasteiger partial charge in [-0.1, -0.05) is 127 Å². The third-order valence-corrected chi connectivity index (χ3v) is 9.21. The zero-order valence-corrected chi connectivity index (χ0v) is 32.8. The number of unbranched alkanes of at least 4 members (excludes halogenated alkanes) is 15. The van der Waals surface area contributed by atoms with E-state index in [1.54, 1.807) is 0 Å². The molecule has 2 N–H and O–H groups in total. The zero-order valence-electron chi connectivity index (χ0n) is 31.9. The number of carbonyl (C=O) groups is 2.